The number of amides is 2. The monoisotopic (exact) mass is 362 g/mol. The molecular formula is C17H19ClN4OS. The molecule has 0 saturated carbocycles. The molecule has 1 aromatic carbocycles. The highest BCUT2D eigenvalue weighted by molar-refractivity contribution is 7.99. The average molecular weight is 363 g/mol. The molecule has 1 aromatic heterocycles. The molecule has 0 spiro atoms. The van der Waals surface area contributed by atoms with Crippen molar-refractivity contribution in [1.29, 1.82) is 0 Å². The first-order valence-electron chi connectivity index (χ1n) is 7.79. The van der Waals surface area contributed by atoms with Crippen LogP contribution in [0.1, 0.15) is 5.56 Å². The van der Waals surface area contributed by atoms with E-state index in [0.29, 0.717) is 17.3 Å². The van der Waals surface area contributed by atoms with E-state index in [-0.39, 0.29) is 6.03 Å². The van der Waals surface area contributed by atoms with E-state index in [9.17, 15) is 4.79 Å². The SMILES string of the molecule is O=C(NCc1ccnc(N2CCSCC2)c1)Nc1ccc(Cl)cc1. The molecule has 126 valence electrons. The molecule has 2 amide bonds. The van der Waals surface area contributed by atoms with Crippen molar-refractivity contribution in [2.75, 3.05) is 34.8 Å². The number of rotatable bonds is 4. The third-order valence-electron chi connectivity index (χ3n) is 3.70. The molecule has 0 aliphatic carbocycles. The van der Waals surface area contributed by atoms with Crippen LogP contribution in [0, 0.1) is 0 Å². The summed E-state index contributed by atoms with van der Waals surface area (Å²) in [7, 11) is 0. The number of halogens is 1. The van der Waals surface area contributed by atoms with E-state index in [1.54, 1.807) is 30.5 Å². The molecule has 0 unspecified atom stereocenters. The van der Waals surface area contributed by atoms with Gasteiger partial charge in [-0.25, -0.2) is 9.78 Å². The topological polar surface area (TPSA) is 57.3 Å². The quantitative estimate of drug-likeness (QED) is 0.872. The van der Waals surface area contributed by atoms with Gasteiger partial charge in [0.05, 0.1) is 0 Å². The van der Waals surface area contributed by atoms with Crippen LogP contribution in [-0.4, -0.2) is 35.6 Å². The number of anilines is 2. The Labute approximate surface area is 150 Å². The van der Waals surface area contributed by atoms with E-state index in [1.807, 2.05) is 23.9 Å². The number of carbonyl (C=O) groups excluding carboxylic acids is 1. The number of benzene rings is 1. The van der Waals surface area contributed by atoms with Crippen LogP contribution in [0.2, 0.25) is 5.02 Å². The number of hydrogen-bond acceptors (Lipinski definition) is 4. The lowest BCUT2D eigenvalue weighted by Crippen LogP contribution is -2.33. The standard InChI is InChI=1S/C17H19ClN4OS/c18-14-1-3-15(4-2-14)21-17(23)20-12-13-5-6-19-16(11-13)22-7-9-24-10-8-22/h1-6,11H,7-10,12H2,(H2,20,21,23). The molecule has 0 bridgehead atoms. The second-order valence-corrected chi connectivity index (χ2v) is 7.10. The Morgan fingerprint density at radius 2 is 1.96 bits per heavy atom. The van der Waals surface area contributed by atoms with Crippen LogP contribution in [0.3, 0.4) is 0 Å². The zero-order valence-electron chi connectivity index (χ0n) is 13.2. The molecule has 3 rings (SSSR count). The zero-order chi connectivity index (χ0) is 16.8. The first-order chi connectivity index (χ1) is 11.7. The van der Waals surface area contributed by atoms with Gasteiger partial charge in [0.25, 0.3) is 0 Å². The molecular weight excluding hydrogens is 344 g/mol. The number of pyridine rings is 1. The van der Waals surface area contributed by atoms with E-state index in [0.717, 1.165) is 36.0 Å². The van der Waals surface area contributed by atoms with Crippen molar-refractivity contribution in [2.45, 2.75) is 6.54 Å². The highest BCUT2D eigenvalue weighted by Gasteiger charge is 2.12. The number of aromatic nitrogens is 1. The molecule has 1 saturated heterocycles. The molecule has 1 aliphatic rings. The summed E-state index contributed by atoms with van der Waals surface area (Å²) < 4.78 is 0. The van der Waals surface area contributed by atoms with Gasteiger partial charge in [0.15, 0.2) is 0 Å². The highest BCUT2D eigenvalue weighted by atomic mass is 35.5. The summed E-state index contributed by atoms with van der Waals surface area (Å²) in [6, 6.07) is 10.7. The van der Waals surface area contributed by atoms with Crippen molar-refractivity contribution in [1.82, 2.24) is 10.3 Å². The lowest BCUT2D eigenvalue weighted by Gasteiger charge is -2.27. The molecule has 2 N–H and O–H groups in total. The molecule has 7 heteroatoms. The fourth-order valence-corrected chi connectivity index (χ4v) is 3.46. The summed E-state index contributed by atoms with van der Waals surface area (Å²) in [5.41, 5.74) is 1.74. The molecule has 0 radical (unpaired) electrons. The third kappa shape index (κ3) is 4.79. The zero-order valence-corrected chi connectivity index (χ0v) is 14.7. The van der Waals surface area contributed by atoms with Crippen molar-refractivity contribution in [3.05, 3.63) is 53.2 Å². The van der Waals surface area contributed by atoms with E-state index in [1.165, 1.54) is 0 Å². The molecule has 1 fully saturated rings. The maximum absolute atomic E-state index is 12.0. The van der Waals surface area contributed by atoms with Gasteiger partial charge in [-0.05, 0) is 42.0 Å². The maximum Gasteiger partial charge on any atom is 0.319 e. The van der Waals surface area contributed by atoms with Crippen LogP contribution in [0.4, 0.5) is 16.3 Å². The van der Waals surface area contributed by atoms with E-state index in [4.69, 9.17) is 11.6 Å². The first-order valence-corrected chi connectivity index (χ1v) is 9.32. The Balaban J connectivity index is 1.54. The fourth-order valence-electron chi connectivity index (χ4n) is 2.43. The fraction of sp³-hybridized carbons (Fsp3) is 0.294. The predicted molar refractivity (Wildman–Crippen MR) is 101 cm³/mol. The van der Waals surface area contributed by atoms with Crippen LogP contribution in [0.5, 0.6) is 0 Å². The Morgan fingerprint density at radius 1 is 1.21 bits per heavy atom. The second kappa shape index (κ2) is 8.26. The van der Waals surface area contributed by atoms with Crippen molar-refractivity contribution in [2.24, 2.45) is 0 Å². The molecule has 0 atom stereocenters. The number of nitrogens with zero attached hydrogens (tertiary/aromatic N) is 2. The summed E-state index contributed by atoms with van der Waals surface area (Å²) in [6.45, 7) is 2.49. The van der Waals surface area contributed by atoms with Crippen molar-refractivity contribution in [3.63, 3.8) is 0 Å². The summed E-state index contributed by atoms with van der Waals surface area (Å²) in [5.74, 6) is 3.24. The van der Waals surface area contributed by atoms with Gasteiger partial charge in [-0.15, -0.1) is 0 Å². The van der Waals surface area contributed by atoms with Crippen molar-refractivity contribution >= 4 is 40.9 Å². The average Bonchev–Trinajstić information content (AvgIpc) is 2.63. The lowest BCUT2D eigenvalue weighted by atomic mass is 10.2. The Morgan fingerprint density at radius 3 is 2.71 bits per heavy atom. The number of carbonyl (C=O) groups is 1. The number of thioether (sulfide) groups is 1. The molecule has 2 aromatic rings. The van der Waals surface area contributed by atoms with E-state index < -0.39 is 0 Å². The lowest BCUT2D eigenvalue weighted by molar-refractivity contribution is 0.251. The van der Waals surface area contributed by atoms with Gasteiger partial charge in [0.2, 0.25) is 0 Å². The van der Waals surface area contributed by atoms with Gasteiger partial charge in [-0.2, -0.15) is 11.8 Å². The van der Waals surface area contributed by atoms with Crippen LogP contribution in [-0.2, 0) is 6.54 Å². The number of nitrogens with one attached hydrogen (secondary N) is 2. The predicted octanol–water partition coefficient (Wildman–Crippen LogP) is 3.61. The van der Waals surface area contributed by atoms with Gasteiger partial charge in [0.1, 0.15) is 5.82 Å². The smallest absolute Gasteiger partial charge is 0.319 e. The van der Waals surface area contributed by atoms with Gasteiger partial charge >= 0.3 is 6.03 Å². The van der Waals surface area contributed by atoms with Crippen LogP contribution >= 0.6 is 23.4 Å². The minimum Gasteiger partial charge on any atom is -0.355 e. The van der Waals surface area contributed by atoms with E-state index >= 15 is 0 Å². The summed E-state index contributed by atoms with van der Waals surface area (Å²) in [4.78, 5) is 18.7. The van der Waals surface area contributed by atoms with Crippen molar-refractivity contribution in [3.8, 4) is 0 Å². The maximum atomic E-state index is 12.0. The Hall–Kier alpha value is -1.92. The second-order valence-electron chi connectivity index (χ2n) is 5.44. The molecule has 5 nitrogen and oxygen atoms in total. The number of urea groups is 1. The number of hydrogen-bond donors (Lipinski definition) is 2. The molecule has 2 heterocycles. The minimum atomic E-state index is -0.245. The third-order valence-corrected chi connectivity index (χ3v) is 4.89. The Bertz CT molecular complexity index is 689. The highest BCUT2D eigenvalue weighted by Crippen LogP contribution is 2.18. The molecule has 1 aliphatic heterocycles. The first kappa shape index (κ1) is 16.9. The van der Waals surface area contributed by atoms with Gasteiger partial charge in [0, 0.05) is 48.0 Å². The van der Waals surface area contributed by atoms with Crippen LogP contribution in [0.15, 0.2) is 42.6 Å². The minimum absolute atomic E-state index is 0.245. The van der Waals surface area contributed by atoms with Crippen LogP contribution < -0.4 is 15.5 Å². The molecule has 24 heavy (non-hydrogen) atoms. The van der Waals surface area contributed by atoms with E-state index in [2.05, 4.69) is 20.5 Å². The van der Waals surface area contributed by atoms with Gasteiger partial charge < -0.3 is 15.5 Å². The largest absolute Gasteiger partial charge is 0.355 e. The van der Waals surface area contributed by atoms with Gasteiger partial charge in [-0.3, -0.25) is 0 Å². The van der Waals surface area contributed by atoms with Gasteiger partial charge in [-0.1, -0.05) is 11.6 Å². The summed E-state index contributed by atoms with van der Waals surface area (Å²) >= 11 is 7.80. The Kier molecular flexibility index (Phi) is 5.82. The van der Waals surface area contributed by atoms with Crippen molar-refractivity contribution < 1.29 is 4.79 Å². The summed E-state index contributed by atoms with van der Waals surface area (Å²) in [5, 5.41) is 6.28. The van der Waals surface area contributed by atoms with Crippen LogP contribution in [0.25, 0.3) is 0 Å². The summed E-state index contributed by atoms with van der Waals surface area (Å²) in [6.07, 6.45) is 1.80. The normalized spacial score (nSPS) is 14.3.